The molecule has 0 amide bonds. The van der Waals surface area contributed by atoms with Crippen molar-refractivity contribution >= 4 is 23.8 Å². The van der Waals surface area contributed by atoms with Gasteiger partial charge in [-0.1, -0.05) is 6.42 Å². The van der Waals surface area contributed by atoms with E-state index >= 15 is 0 Å². The molecule has 0 N–H and O–H groups in total. The minimum absolute atomic E-state index is 0.0220. The summed E-state index contributed by atoms with van der Waals surface area (Å²) in [6.45, 7) is 0. The molecule has 0 radical (unpaired) electrons. The lowest BCUT2D eigenvalue weighted by Crippen LogP contribution is -2.21. The van der Waals surface area contributed by atoms with Crippen molar-refractivity contribution in [2.24, 2.45) is 0 Å². The Morgan fingerprint density at radius 3 is 2.80 bits per heavy atom. The largest absolute Gasteiger partial charge is 0.295 e. The third-order valence-electron chi connectivity index (χ3n) is 1.61. The van der Waals surface area contributed by atoms with Gasteiger partial charge in [0, 0.05) is 0 Å². The first kappa shape index (κ1) is 7.79. The van der Waals surface area contributed by atoms with E-state index in [0.29, 0.717) is 6.29 Å². The van der Waals surface area contributed by atoms with Gasteiger partial charge in [0.15, 0.2) is 6.29 Å². The van der Waals surface area contributed by atoms with Crippen LogP contribution in [-0.4, -0.2) is 23.1 Å². The van der Waals surface area contributed by atoms with Crippen LogP contribution in [0.15, 0.2) is 0 Å². The molecule has 0 aromatic rings. The molecule has 1 aliphatic rings. The smallest absolute Gasteiger partial charge is 0.208 e. The molecule has 0 aromatic heterocycles. The van der Waals surface area contributed by atoms with Gasteiger partial charge in [0.2, 0.25) is 5.78 Å². The highest BCUT2D eigenvalue weighted by Gasteiger charge is 2.20. The van der Waals surface area contributed by atoms with E-state index in [-0.39, 0.29) is 11.0 Å². The number of carbonyl (C=O) groups excluding carboxylic acids is 2. The number of rotatable bonds is 2. The zero-order chi connectivity index (χ0) is 7.40. The second-order valence-electron chi connectivity index (χ2n) is 2.38. The lowest BCUT2D eigenvalue weighted by Gasteiger charge is -2.16. The first-order valence-electron chi connectivity index (χ1n) is 3.45. The quantitative estimate of drug-likeness (QED) is 0.445. The third kappa shape index (κ3) is 1.84. The fourth-order valence-corrected chi connectivity index (χ4v) is 2.25. The number of thioether (sulfide) groups is 1. The first-order chi connectivity index (χ1) is 4.84. The minimum Gasteiger partial charge on any atom is -0.295 e. The second-order valence-corrected chi connectivity index (χ2v) is 3.69. The molecule has 1 unspecified atom stereocenters. The van der Waals surface area contributed by atoms with E-state index in [0.717, 1.165) is 18.6 Å². The van der Waals surface area contributed by atoms with E-state index in [9.17, 15) is 9.59 Å². The summed E-state index contributed by atoms with van der Waals surface area (Å²) < 4.78 is 0. The van der Waals surface area contributed by atoms with Crippen molar-refractivity contribution in [1.82, 2.24) is 0 Å². The van der Waals surface area contributed by atoms with E-state index < -0.39 is 0 Å². The topological polar surface area (TPSA) is 34.1 Å². The highest BCUT2D eigenvalue weighted by atomic mass is 32.2. The van der Waals surface area contributed by atoms with Gasteiger partial charge in [-0.15, -0.1) is 0 Å². The number of carbonyl (C=O) groups is 2. The maximum atomic E-state index is 10.8. The lowest BCUT2D eigenvalue weighted by molar-refractivity contribution is -0.129. The van der Waals surface area contributed by atoms with Gasteiger partial charge >= 0.3 is 0 Å². The Bertz CT molecular complexity index is 139. The Labute approximate surface area is 64.4 Å². The summed E-state index contributed by atoms with van der Waals surface area (Å²) in [4.78, 5) is 20.8. The first-order valence-corrected chi connectivity index (χ1v) is 4.50. The highest BCUT2D eigenvalue weighted by molar-refractivity contribution is 8.00. The normalized spacial score (nSPS) is 25.8. The van der Waals surface area contributed by atoms with E-state index in [4.69, 9.17) is 0 Å². The SMILES string of the molecule is O=CC(=O)C1CCCCS1. The molecule has 0 spiro atoms. The molecule has 1 atom stereocenters. The standard InChI is InChI=1S/C7H10O2S/c8-5-6(9)7-3-1-2-4-10-7/h5,7H,1-4H2. The zero-order valence-corrected chi connectivity index (χ0v) is 6.52. The summed E-state index contributed by atoms with van der Waals surface area (Å²) >= 11 is 1.62. The molecule has 0 saturated carbocycles. The molecule has 0 aromatic carbocycles. The summed E-state index contributed by atoms with van der Waals surface area (Å²) in [5, 5.41) is -0.0220. The van der Waals surface area contributed by atoms with E-state index in [1.807, 2.05) is 0 Å². The van der Waals surface area contributed by atoms with Crippen LogP contribution in [0.25, 0.3) is 0 Å². The summed E-state index contributed by atoms with van der Waals surface area (Å²) in [5.74, 6) is 0.800. The van der Waals surface area contributed by atoms with Crippen LogP contribution < -0.4 is 0 Å². The minimum atomic E-state index is -0.232. The monoisotopic (exact) mass is 158 g/mol. The van der Waals surface area contributed by atoms with Crippen LogP contribution in [0, 0.1) is 0 Å². The second kappa shape index (κ2) is 3.76. The number of hydrogen-bond acceptors (Lipinski definition) is 3. The average Bonchev–Trinajstić information content (AvgIpc) is 2.05. The van der Waals surface area contributed by atoms with Crippen molar-refractivity contribution in [3.8, 4) is 0 Å². The highest BCUT2D eigenvalue weighted by Crippen LogP contribution is 2.24. The van der Waals surface area contributed by atoms with Crippen LogP contribution >= 0.6 is 11.8 Å². The van der Waals surface area contributed by atoms with Gasteiger partial charge in [-0.3, -0.25) is 9.59 Å². The third-order valence-corrected chi connectivity index (χ3v) is 3.01. The van der Waals surface area contributed by atoms with Crippen molar-refractivity contribution in [2.75, 3.05) is 5.75 Å². The van der Waals surface area contributed by atoms with Gasteiger partial charge in [0.25, 0.3) is 0 Å². The van der Waals surface area contributed by atoms with E-state index in [1.54, 1.807) is 11.8 Å². The Kier molecular flexibility index (Phi) is 2.93. The van der Waals surface area contributed by atoms with Crippen molar-refractivity contribution in [3.63, 3.8) is 0 Å². The molecule has 1 fully saturated rings. The van der Waals surface area contributed by atoms with Crippen LogP contribution in [0.1, 0.15) is 19.3 Å². The van der Waals surface area contributed by atoms with Gasteiger partial charge in [-0.05, 0) is 18.6 Å². The fraction of sp³-hybridized carbons (Fsp3) is 0.714. The maximum Gasteiger partial charge on any atom is 0.208 e. The molecule has 2 nitrogen and oxygen atoms in total. The van der Waals surface area contributed by atoms with Crippen LogP contribution in [0.5, 0.6) is 0 Å². The van der Waals surface area contributed by atoms with Crippen LogP contribution in [0.2, 0.25) is 0 Å². The molecule has 1 heterocycles. The van der Waals surface area contributed by atoms with Gasteiger partial charge in [0.05, 0.1) is 5.25 Å². The van der Waals surface area contributed by atoms with Crippen molar-refractivity contribution in [1.29, 1.82) is 0 Å². The van der Waals surface area contributed by atoms with Gasteiger partial charge in [-0.25, -0.2) is 0 Å². The molecule has 56 valence electrons. The molecule has 1 rings (SSSR count). The molecule has 3 heteroatoms. The van der Waals surface area contributed by atoms with Crippen molar-refractivity contribution in [3.05, 3.63) is 0 Å². The van der Waals surface area contributed by atoms with Crippen molar-refractivity contribution < 1.29 is 9.59 Å². The number of aldehydes is 1. The van der Waals surface area contributed by atoms with Gasteiger partial charge in [0.1, 0.15) is 0 Å². The predicted molar refractivity (Wildman–Crippen MR) is 41.2 cm³/mol. The molecule has 0 aliphatic carbocycles. The average molecular weight is 158 g/mol. The summed E-state index contributed by atoms with van der Waals surface area (Å²) in [6, 6.07) is 0. The van der Waals surface area contributed by atoms with Gasteiger partial charge in [-0.2, -0.15) is 11.8 Å². The van der Waals surface area contributed by atoms with Crippen LogP contribution in [-0.2, 0) is 9.59 Å². The van der Waals surface area contributed by atoms with Crippen LogP contribution in [0.3, 0.4) is 0 Å². The molecular formula is C7H10O2S. The van der Waals surface area contributed by atoms with Crippen LogP contribution in [0.4, 0.5) is 0 Å². The molecule has 0 bridgehead atoms. The Hall–Kier alpha value is -0.310. The van der Waals surface area contributed by atoms with E-state index in [1.165, 1.54) is 6.42 Å². The van der Waals surface area contributed by atoms with Gasteiger partial charge < -0.3 is 0 Å². The Morgan fingerprint density at radius 1 is 1.50 bits per heavy atom. The molecule has 1 aliphatic heterocycles. The zero-order valence-electron chi connectivity index (χ0n) is 5.71. The summed E-state index contributed by atoms with van der Waals surface area (Å²) in [7, 11) is 0. The number of Topliss-reactive ketones (excluding diaryl/α,β-unsaturated/α-hetero) is 1. The fourth-order valence-electron chi connectivity index (χ4n) is 1.04. The lowest BCUT2D eigenvalue weighted by atomic mass is 10.1. The van der Waals surface area contributed by atoms with Crippen molar-refractivity contribution in [2.45, 2.75) is 24.5 Å². The molecule has 1 saturated heterocycles. The summed E-state index contributed by atoms with van der Waals surface area (Å²) in [5.41, 5.74) is 0. The molecule has 10 heavy (non-hydrogen) atoms. The summed E-state index contributed by atoms with van der Waals surface area (Å²) in [6.07, 6.45) is 3.62. The maximum absolute atomic E-state index is 10.8. The number of ketones is 1. The number of hydrogen-bond donors (Lipinski definition) is 0. The molecular weight excluding hydrogens is 148 g/mol. The predicted octanol–water partition coefficient (Wildman–Crippen LogP) is 1.04. The Morgan fingerprint density at radius 2 is 2.30 bits per heavy atom. The Balaban J connectivity index is 2.38. The van der Waals surface area contributed by atoms with E-state index in [2.05, 4.69) is 0 Å².